The van der Waals surface area contributed by atoms with Crippen molar-refractivity contribution < 1.29 is 19.1 Å². The van der Waals surface area contributed by atoms with Gasteiger partial charge in [0, 0.05) is 25.6 Å². The Morgan fingerprint density at radius 3 is 1.38 bits per heavy atom. The van der Waals surface area contributed by atoms with Crippen LogP contribution in [0.4, 0.5) is 9.59 Å². The number of likely N-dealkylation sites (tertiary alicyclic amines) is 1. The van der Waals surface area contributed by atoms with Crippen molar-refractivity contribution >= 4 is 12.2 Å². The molecule has 2 fully saturated rings. The monoisotopic (exact) mass is 561 g/mol. The molecular formula is C35H35N3O4. The Morgan fingerprint density at radius 1 is 0.595 bits per heavy atom. The number of hydrazine groups is 1. The number of ether oxygens (including phenoxy) is 2. The number of benzene rings is 4. The smallest absolute Gasteiger partial charge is 0.429 e. The number of nitrogens with zero attached hydrogens (tertiary/aromatic N) is 3. The average molecular weight is 562 g/mol. The van der Waals surface area contributed by atoms with Crippen LogP contribution in [-0.4, -0.2) is 58.8 Å². The highest BCUT2D eigenvalue weighted by molar-refractivity contribution is 5.76. The van der Waals surface area contributed by atoms with Crippen LogP contribution in [0.25, 0.3) is 0 Å². The zero-order valence-electron chi connectivity index (χ0n) is 23.5. The number of carbonyl (C=O) groups is 2. The van der Waals surface area contributed by atoms with Crippen molar-refractivity contribution in [2.24, 2.45) is 0 Å². The molecule has 2 atom stereocenters. The van der Waals surface area contributed by atoms with E-state index in [1.807, 2.05) is 72.8 Å². The van der Waals surface area contributed by atoms with Crippen molar-refractivity contribution in [2.75, 3.05) is 19.6 Å². The molecule has 0 aromatic heterocycles. The second kappa shape index (κ2) is 12.9. The average Bonchev–Trinajstić information content (AvgIpc) is 3.32. The number of carbonyl (C=O) groups excluding carboxylic acids is 2. The van der Waals surface area contributed by atoms with Gasteiger partial charge in [0.2, 0.25) is 0 Å². The lowest BCUT2D eigenvalue weighted by Crippen LogP contribution is -2.50. The van der Waals surface area contributed by atoms with Crippen molar-refractivity contribution in [3.8, 4) is 0 Å². The SMILES string of the molecule is O=C(OCc1ccccc1)N1C2CC(CN(CC(c3ccccc3)c3ccccc3)C2)N1C(=O)OCc1ccccc1. The first-order valence-corrected chi connectivity index (χ1v) is 14.5. The maximum Gasteiger partial charge on any atom is 0.429 e. The summed E-state index contributed by atoms with van der Waals surface area (Å²) in [5, 5.41) is 3.00. The fourth-order valence-electron chi connectivity index (χ4n) is 6.07. The minimum atomic E-state index is -0.535. The van der Waals surface area contributed by atoms with E-state index in [1.165, 1.54) is 21.1 Å². The van der Waals surface area contributed by atoms with E-state index < -0.39 is 12.2 Å². The van der Waals surface area contributed by atoms with Crippen LogP contribution in [-0.2, 0) is 22.7 Å². The first-order valence-electron chi connectivity index (χ1n) is 14.5. The maximum absolute atomic E-state index is 13.6. The summed E-state index contributed by atoms with van der Waals surface area (Å²) in [6.07, 6.45) is -0.390. The van der Waals surface area contributed by atoms with Crippen LogP contribution in [0.3, 0.4) is 0 Å². The normalized spacial score (nSPS) is 18.2. The van der Waals surface area contributed by atoms with Gasteiger partial charge in [0.25, 0.3) is 0 Å². The summed E-state index contributed by atoms with van der Waals surface area (Å²) in [5.74, 6) is 0.155. The molecule has 2 heterocycles. The van der Waals surface area contributed by atoms with Gasteiger partial charge in [-0.15, -0.1) is 0 Å². The van der Waals surface area contributed by atoms with Crippen LogP contribution in [0.5, 0.6) is 0 Å². The van der Waals surface area contributed by atoms with Crippen LogP contribution in [0, 0.1) is 0 Å². The second-order valence-electron chi connectivity index (χ2n) is 10.9. The zero-order valence-corrected chi connectivity index (χ0v) is 23.5. The molecular weight excluding hydrogens is 526 g/mol. The van der Waals surface area contributed by atoms with Gasteiger partial charge in [-0.25, -0.2) is 19.6 Å². The van der Waals surface area contributed by atoms with E-state index in [9.17, 15) is 9.59 Å². The minimum absolute atomic E-state index is 0.133. The van der Waals surface area contributed by atoms with Crippen molar-refractivity contribution in [1.82, 2.24) is 14.9 Å². The Bertz CT molecular complexity index is 1340. The van der Waals surface area contributed by atoms with E-state index in [0.29, 0.717) is 19.5 Å². The van der Waals surface area contributed by atoms with Gasteiger partial charge in [-0.1, -0.05) is 121 Å². The Labute approximate surface area is 246 Å². The van der Waals surface area contributed by atoms with Gasteiger partial charge in [-0.2, -0.15) is 0 Å². The van der Waals surface area contributed by atoms with Crippen LogP contribution < -0.4 is 0 Å². The lowest BCUT2D eigenvalue weighted by atomic mass is 9.90. The van der Waals surface area contributed by atoms with E-state index in [4.69, 9.17) is 9.47 Å². The van der Waals surface area contributed by atoms with Crippen LogP contribution in [0.1, 0.15) is 34.6 Å². The van der Waals surface area contributed by atoms with Crippen molar-refractivity contribution in [1.29, 1.82) is 0 Å². The summed E-state index contributed by atoms with van der Waals surface area (Å²) in [4.78, 5) is 29.5. The molecule has 6 rings (SSSR count). The van der Waals surface area contributed by atoms with Gasteiger partial charge in [-0.05, 0) is 28.7 Å². The number of rotatable bonds is 8. The topological polar surface area (TPSA) is 62.3 Å². The molecule has 0 N–H and O–H groups in total. The highest BCUT2D eigenvalue weighted by atomic mass is 16.6. The molecule has 0 aliphatic carbocycles. The molecule has 214 valence electrons. The molecule has 42 heavy (non-hydrogen) atoms. The molecule has 2 amide bonds. The Balaban J connectivity index is 1.22. The van der Waals surface area contributed by atoms with Crippen molar-refractivity contribution in [3.05, 3.63) is 144 Å². The first kappa shape index (κ1) is 27.5. The Kier molecular flexibility index (Phi) is 8.47. The largest absolute Gasteiger partial charge is 0.443 e. The number of hydrogen-bond acceptors (Lipinski definition) is 5. The van der Waals surface area contributed by atoms with Gasteiger partial charge in [0.1, 0.15) is 13.2 Å². The highest BCUT2D eigenvalue weighted by Crippen LogP contribution is 2.35. The van der Waals surface area contributed by atoms with E-state index in [0.717, 1.165) is 17.7 Å². The minimum Gasteiger partial charge on any atom is -0.443 e. The molecule has 7 nitrogen and oxygen atoms in total. The summed E-state index contributed by atoms with van der Waals surface area (Å²) in [6.45, 7) is 2.30. The lowest BCUT2D eigenvalue weighted by molar-refractivity contribution is -0.0199. The third-order valence-corrected chi connectivity index (χ3v) is 8.03. The molecule has 4 aromatic carbocycles. The van der Waals surface area contributed by atoms with Gasteiger partial charge < -0.3 is 9.47 Å². The van der Waals surface area contributed by atoms with Crippen LogP contribution >= 0.6 is 0 Å². The molecule has 0 saturated carbocycles. The molecule has 0 radical (unpaired) electrons. The van der Waals surface area contributed by atoms with Gasteiger partial charge in [0.15, 0.2) is 0 Å². The summed E-state index contributed by atoms with van der Waals surface area (Å²) >= 11 is 0. The quantitative estimate of drug-likeness (QED) is 0.247. The van der Waals surface area contributed by atoms with Gasteiger partial charge in [0.05, 0.1) is 12.1 Å². The Hall–Kier alpha value is -4.62. The fraction of sp³-hybridized carbons (Fsp3) is 0.257. The molecule has 0 spiro atoms. The number of fused-ring (bicyclic) bond motifs is 2. The zero-order chi connectivity index (χ0) is 28.7. The third kappa shape index (κ3) is 6.31. The molecule has 2 bridgehead atoms. The number of piperidine rings is 1. The number of hydrogen-bond donors (Lipinski definition) is 0. The predicted octanol–water partition coefficient (Wildman–Crippen LogP) is 6.47. The molecule has 2 unspecified atom stereocenters. The maximum atomic E-state index is 13.6. The fourth-order valence-corrected chi connectivity index (χ4v) is 6.07. The molecule has 2 saturated heterocycles. The van der Waals surface area contributed by atoms with Gasteiger partial charge in [-0.3, -0.25) is 4.90 Å². The number of amides is 2. The van der Waals surface area contributed by atoms with Crippen molar-refractivity contribution in [3.63, 3.8) is 0 Å². The molecule has 2 aliphatic heterocycles. The van der Waals surface area contributed by atoms with E-state index in [-0.39, 0.29) is 31.2 Å². The third-order valence-electron chi connectivity index (χ3n) is 8.03. The van der Waals surface area contributed by atoms with Gasteiger partial charge >= 0.3 is 12.2 Å². The molecule has 4 aromatic rings. The first-order chi connectivity index (χ1) is 20.7. The lowest BCUT2D eigenvalue weighted by Gasteiger charge is -2.33. The Morgan fingerprint density at radius 2 is 0.976 bits per heavy atom. The van der Waals surface area contributed by atoms with E-state index >= 15 is 0 Å². The molecule has 7 heteroatoms. The van der Waals surface area contributed by atoms with Crippen LogP contribution in [0.15, 0.2) is 121 Å². The molecule has 2 aliphatic rings. The highest BCUT2D eigenvalue weighted by Gasteiger charge is 2.50. The summed E-state index contributed by atoms with van der Waals surface area (Å²) in [5.41, 5.74) is 4.25. The second-order valence-corrected chi connectivity index (χ2v) is 10.9. The standard InChI is InChI=1S/C35H35N3O4/c39-34(41-25-27-13-5-1-6-14-27)37-31-21-32(38(37)35(40)42-26-28-15-7-2-8-16-28)23-36(22-31)24-33(29-17-9-3-10-18-29)30-19-11-4-12-20-30/h1-20,31-33H,21-26H2. The van der Waals surface area contributed by atoms with E-state index in [2.05, 4.69) is 53.4 Å². The van der Waals surface area contributed by atoms with Crippen molar-refractivity contribution in [2.45, 2.75) is 37.6 Å². The summed E-state index contributed by atoms with van der Waals surface area (Å²) in [6, 6.07) is 39.7. The summed E-state index contributed by atoms with van der Waals surface area (Å²) in [7, 11) is 0. The van der Waals surface area contributed by atoms with E-state index in [1.54, 1.807) is 0 Å². The predicted molar refractivity (Wildman–Crippen MR) is 160 cm³/mol. The van der Waals surface area contributed by atoms with Crippen LogP contribution in [0.2, 0.25) is 0 Å². The summed E-state index contributed by atoms with van der Waals surface area (Å²) < 4.78 is 11.5.